The molecule has 2 nitrogen and oxygen atoms in total. The van der Waals surface area contributed by atoms with E-state index in [9.17, 15) is 0 Å². The first-order valence-electron chi connectivity index (χ1n) is 3.90. The van der Waals surface area contributed by atoms with Gasteiger partial charge in [-0.25, -0.2) is 0 Å². The first-order valence-corrected chi connectivity index (χ1v) is 3.90. The molecule has 2 heteroatoms. The molecule has 0 saturated carbocycles. The minimum atomic E-state index is 1.05. The Kier molecular flexibility index (Phi) is 1.67. The van der Waals surface area contributed by atoms with Crippen molar-refractivity contribution in [2.45, 2.75) is 0 Å². The average molecular weight is 158 g/mol. The summed E-state index contributed by atoms with van der Waals surface area (Å²) in [5, 5.41) is 1.23. The molecule has 12 heavy (non-hydrogen) atoms. The number of aromatic amines is 1. The molecule has 2 rings (SSSR count). The molecular weight excluding hydrogens is 148 g/mol. The molecule has 2 aromatic rings. The highest BCUT2D eigenvalue weighted by Gasteiger charge is 1.95. The molecule has 0 bridgehead atoms. The summed E-state index contributed by atoms with van der Waals surface area (Å²) in [6.45, 7) is 0. The van der Waals surface area contributed by atoms with E-state index in [-0.39, 0.29) is 0 Å². The van der Waals surface area contributed by atoms with Crippen LogP contribution in [0.3, 0.4) is 0 Å². The molecule has 0 fully saturated rings. The second-order valence-corrected chi connectivity index (χ2v) is 2.70. The number of rotatable bonds is 1. The second-order valence-electron chi connectivity index (χ2n) is 2.70. The summed E-state index contributed by atoms with van der Waals surface area (Å²) >= 11 is 0. The lowest BCUT2D eigenvalue weighted by Gasteiger charge is -1.83. The SMILES string of the molecule is C/N=C/c1cc2ccccc2[nH]1. The van der Waals surface area contributed by atoms with Crippen LogP contribution < -0.4 is 0 Å². The maximum absolute atomic E-state index is 3.94. The zero-order valence-electron chi connectivity index (χ0n) is 6.91. The van der Waals surface area contributed by atoms with E-state index >= 15 is 0 Å². The Hall–Kier alpha value is -1.57. The lowest BCUT2D eigenvalue weighted by Crippen LogP contribution is -1.76. The van der Waals surface area contributed by atoms with Crippen LogP contribution in [0.15, 0.2) is 35.3 Å². The van der Waals surface area contributed by atoms with Crippen molar-refractivity contribution in [3.63, 3.8) is 0 Å². The molecule has 0 amide bonds. The third kappa shape index (κ3) is 1.11. The molecule has 0 unspecified atom stereocenters. The maximum Gasteiger partial charge on any atom is 0.0572 e. The number of hydrogen-bond acceptors (Lipinski definition) is 1. The van der Waals surface area contributed by atoms with Gasteiger partial charge in [-0.05, 0) is 12.1 Å². The number of nitrogens with one attached hydrogen (secondary N) is 1. The summed E-state index contributed by atoms with van der Waals surface area (Å²) < 4.78 is 0. The molecule has 0 spiro atoms. The first-order chi connectivity index (χ1) is 5.90. The maximum atomic E-state index is 3.94. The fraction of sp³-hybridized carbons (Fsp3) is 0.100. The quantitative estimate of drug-likeness (QED) is 0.616. The van der Waals surface area contributed by atoms with Gasteiger partial charge >= 0.3 is 0 Å². The molecule has 0 atom stereocenters. The Bertz CT molecular complexity index is 379. The van der Waals surface area contributed by atoms with E-state index in [2.05, 4.69) is 28.2 Å². The number of aliphatic imine (C=N–C) groups is 1. The highest BCUT2D eigenvalue weighted by atomic mass is 14.7. The minimum Gasteiger partial charge on any atom is -0.354 e. The molecule has 1 aromatic carbocycles. The lowest BCUT2D eigenvalue weighted by atomic mass is 10.2. The fourth-order valence-corrected chi connectivity index (χ4v) is 1.30. The second kappa shape index (κ2) is 2.81. The van der Waals surface area contributed by atoms with E-state index in [4.69, 9.17) is 0 Å². The molecular formula is C10H10N2. The summed E-state index contributed by atoms with van der Waals surface area (Å²) in [6, 6.07) is 10.3. The average Bonchev–Trinajstić information content (AvgIpc) is 2.47. The van der Waals surface area contributed by atoms with Gasteiger partial charge in [0.1, 0.15) is 0 Å². The van der Waals surface area contributed by atoms with Crippen LogP contribution >= 0.6 is 0 Å². The normalized spacial score (nSPS) is 11.4. The van der Waals surface area contributed by atoms with E-state index in [1.807, 2.05) is 18.3 Å². The van der Waals surface area contributed by atoms with E-state index in [1.165, 1.54) is 5.39 Å². The van der Waals surface area contributed by atoms with Gasteiger partial charge in [0.05, 0.1) is 5.69 Å². The third-order valence-electron chi connectivity index (χ3n) is 1.82. The van der Waals surface area contributed by atoms with Crippen molar-refractivity contribution < 1.29 is 0 Å². The van der Waals surface area contributed by atoms with Crippen molar-refractivity contribution in [1.82, 2.24) is 4.98 Å². The molecule has 0 aliphatic heterocycles. The van der Waals surface area contributed by atoms with Crippen molar-refractivity contribution in [3.8, 4) is 0 Å². The Balaban J connectivity index is 2.62. The van der Waals surface area contributed by atoms with Crippen molar-refractivity contribution >= 4 is 17.1 Å². The van der Waals surface area contributed by atoms with Gasteiger partial charge in [-0.1, -0.05) is 18.2 Å². The van der Waals surface area contributed by atoms with Gasteiger partial charge in [0, 0.05) is 24.2 Å². The van der Waals surface area contributed by atoms with Crippen molar-refractivity contribution in [3.05, 3.63) is 36.0 Å². The molecule has 0 radical (unpaired) electrons. The molecule has 1 aromatic heterocycles. The topological polar surface area (TPSA) is 28.1 Å². The van der Waals surface area contributed by atoms with Gasteiger partial charge < -0.3 is 4.98 Å². The summed E-state index contributed by atoms with van der Waals surface area (Å²) in [7, 11) is 1.77. The van der Waals surface area contributed by atoms with Crippen molar-refractivity contribution in [1.29, 1.82) is 0 Å². The molecule has 1 N–H and O–H groups in total. The molecule has 0 aliphatic rings. The third-order valence-corrected chi connectivity index (χ3v) is 1.82. The van der Waals surface area contributed by atoms with Gasteiger partial charge in [-0.2, -0.15) is 0 Å². The largest absolute Gasteiger partial charge is 0.354 e. The molecule has 1 heterocycles. The first kappa shape index (κ1) is 7.10. The van der Waals surface area contributed by atoms with Gasteiger partial charge in [-0.3, -0.25) is 4.99 Å². The summed E-state index contributed by atoms with van der Waals surface area (Å²) in [6.07, 6.45) is 1.82. The number of nitrogens with zero attached hydrogens (tertiary/aromatic N) is 1. The van der Waals surface area contributed by atoms with Crippen molar-refractivity contribution in [2.24, 2.45) is 4.99 Å². The Morgan fingerprint density at radius 3 is 2.92 bits per heavy atom. The van der Waals surface area contributed by atoms with Gasteiger partial charge in [0.2, 0.25) is 0 Å². The fourth-order valence-electron chi connectivity index (χ4n) is 1.30. The lowest BCUT2D eigenvalue weighted by molar-refractivity contribution is 1.40. The van der Waals surface area contributed by atoms with Crippen LogP contribution in [0.25, 0.3) is 10.9 Å². The number of hydrogen-bond donors (Lipinski definition) is 1. The van der Waals surface area contributed by atoms with Gasteiger partial charge in [0.25, 0.3) is 0 Å². The summed E-state index contributed by atoms with van der Waals surface area (Å²) in [4.78, 5) is 7.19. The number of H-pyrrole nitrogens is 1. The van der Waals surface area contributed by atoms with Crippen molar-refractivity contribution in [2.75, 3.05) is 7.05 Å². The van der Waals surface area contributed by atoms with Crippen LogP contribution in [0.4, 0.5) is 0 Å². The number of para-hydroxylation sites is 1. The van der Waals surface area contributed by atoms with E-state index in [0.29, 0.717) is 0 Å². The van der Waals surface area contributed by atoms with E-state index in [1.54, 1.807) is 7.05 Å². The molecule has 0 saturated heterocycles. The highest BCUT2D eigenvalue weighted by Crippen LogP contribution is 2.12. The highest BCUT2D eigenvalue weighted by molar-refractivity contribution is 5.89. The Morgan fingerprint density at radius 1 is 1.33 bits per heavy atom. The summed E-state index contributed by atoms with van der Waals surface area (Å²) in [5.41, 5.74) is 2.21. The van der Waals surface area contributed by atoms with Gasteiger partial charge in [-0.15, -0.1) is 0 Å². The monoisotopic (exact) mass is 158 g/mol. The van der Waals surface area contributed by atoms with Crippen LogP contribution in [0, 0.1) is 0 Å². The predicted octanol–water partition coefficient (Wildman–Crippen LogP) is 2.22. The number of benzene rings is 1. The zero-order chi connectivity index (χ0) is 8.39. The number of aromatic nitrogens is 1. The molecule has 0 aliphatic carbocycles. The Morgan fingerprint density at radius 2 is 2.17 bits per heavy atom. The van der Waals surface area contributed by atoms with Crippen LogP contribution in [0.2, 0.25) is 0 Å². The minimum absolute atomic E-state index is 1.05. The Labute approximate surface area is 70.9 Å². The summed E-state index contributed by atoms with van der Waals surface area (Å²) in [5.74, 6) is 0. The van der Waals surface area contributed by atoms with Crippen LogP contribution in [0.5, 0.6) is 0 Å². The predicted molar refractivity (Wildman–Crippen MR) is 51.8 cm³/mol. The van der Waals surface area contributed by atoms with E-state index < -0.39 is 0 Å². The van der Waals surface area contributed by atoms with Crippen LogP contribution in [-0.4, -0.2) is 18.2 Å². The van der Waals surface area contributed by atoms with Crippen LogP contribution in [0.1, 0.15) is 5.69 Å². The standard InChI is InChI=1S/C10H10N2/c1-11-7-9-6-8-4-2-3-5-10(8)12-9/h2-7,12H,1H3/b11-7+. The van der Waals surface area contributed by atoms with Crippen LogP contribution in [-0.2, 0) is 0 Å². The van der Waals surface area contributed by atoms with Gasteiger partial charge in [0.15, 0.2) is 0 Å². The van der Waals surface area contributed by atoms with E-state index in [0.717, 1.165) is 11.2 Å². The number of fused-ring (bicyclic) bond motifs is 1. The molecule has 60 valence electrons. The smallest absolute Gasteiger partial charge is 0.0572 e. The zero-order valence-corrected chi connectivity index (χ0v) is 6.91.